The van der Waals surface area contributed by atoms with E-state index in [-0.39, 0.29) is 0 Å². The Bertz CT molecular complexity index is 428. The summed E-state index contributed by atoms with van der Waals surface area (Å²) in [6.45, 7) is 4.35. The van der Waals surface area contributed by atoms with E-state index in [0.29, 0.717) is 11.8 Å². The fraction of sp³-hybridized carbons (Fsp3) is 0.375. The average Bonchev–Trinajstić information content (AvgIpc) is 2.67. The van der Waals surface area contributed by atoms with E-state index < -0.39 is 0 Å². The SMILES string of the molecule is Cc1noc(C)c1Cn1cnnc1Cl. The predicted molar refractivity (Wildman–Crippen MR) is 50.1 cm³/mol. The van der Waals surface area contributed by atoms with Gasteiger partial charge in [0.25, 0.3) is 0 Å². The lowest BCUT2D eigenvalue weighted by molar-refractivity contribution is 0.392. The second-order valence-corrected chi connectivity index (χ2v) is 3.37. The van der Waals surface area contributed by atoms with Crippen molar-refractivity contribution in [3.05, 3.63) is 28.6 Å². The molecule has 2 heterocycles. The van der Waals surface area contributed by atoms with E-state index in [0.717, 1.165) is 17.0 Å². The molecule has 2 aromatic rings. The maximum atomic E-state index is 5.80. The molecule has 0 atom stereocenters. The molecule has 0 spiro atoms. The number of rotatable bonds is 2. The quantitative estimate of drug-likeness (QED) is 0.759. The molecule has 74 valence electrons. The molecule has 0 aliphatic rings. The third-order valence-electron chi connectivity index (χ3n) is 2.08. The second-order valence-electron chi connectivity index (χ2n) is 3.03. The highest BCUT2D eigenvalue weighted by Crippen LogP contribution is 2.15. The normalized spacial score (nSPS) is 10.8. The van der Waals surface area contributed by atoms with E-state index in [2.05, 4.69) is 15.4 Å². The molecule has 2 rings (SSSR count). The third-order valence-corrected chi connectivity index (χ3v) is 2.37. The van der Waals surface area contributed by atoms with Crippen LogP contribution in [0.25, 0.3) is 0 Å². The Morgan fingerprint density at radius 3 is 2.79 bits per heavy atom. The van der Waals surface area contributed by atoms with Crippen LogP contribution in [0.1, 0.15) is 17.0 Å². The molecular weight excluding hydrogens is 204 g/mol. The minimum absolute atomic E-state index is 0.366. The first-order chi connectivity index (χ1) is 6.68. The van der Waals surface area contributed by atoms with E-state index in [9.17, 15) is 0 Å². The highest BCUT2D eigenvalue weighted by Gasteiger charge is 2.11. The highest BCUT2D eigenvalue weighted by molar-refractivity contribution is 6.28. The summed E-state index contributed by atoms with van der Waals surface area (Å²) >= 11 is 5.80. The fourth-order valence-electron chi connectivity index (χ4n) is 1.24. The lowest BCUT2D eigenvalue weighted by atomic mass is 10.2. The van der Waals surface area contributed by atoms with Gasteiger partial charge >= 0.3 is 0 Å². The van der Waals surface area contributed by atoms with Crippen LogP contribution < -0.4 is 0 Å². The average molecular weight is 213 g/mol. The molecule has 0 aliphatic heterocycles. The molecule has 0 bridgehead atoms. The molecule has 0 unspecified atom stereocenters. The smallest absolute Gasteiger partial charge is 0.225 e. The minimum Gasteiger partial charge on any atom is -0.361 e. The van der Waals surface area contributed by atoms with Crippen LogP contribution in [0.2, 0.25) is 5.28 Å². The van der Waals surface area contributed by atoms with Crippen LogP contribution in [-0.4, -0.2) is 19.9 Å². The van der Waals surface area contributed by atoms with Crippen molar-refractivity contribution in [2.24, 2.45) is 0 Å². The van der Waals surface area contributed by atoms with Gasteiger partial charge in [-0.3, -0.25) is 4.57 Å². The Balaban J connectivity index is 2.31. The Kier molecular flexibility index (Phi) is 2.25. The minimum atomic E-state index is 0.366. The highest BCUT2D eigenvalue weighted by atomic mass is 35.5. The molecule has 0 N–H and O–H groups in total. The molecular formula is C8H9ClN4O. The molecule has 0 aromatic carbocycles. The van der Waals surface area contributed by atoms with Crippen molar-refractivity contribution in [3.8, 4) is 0 Å². The van der Waals surface area contributed by atoms with Crippen LogP contribution >= 0.6 is 11.6 Å². The monoisotopic (exact) mass is 212 g/mol. The van der Waals surface area contributed by atoms with Crippen LogP contribution in [0.3, 0.4) is 0 Å². The van der Waals surface area contributed by atoms with Crippen molar-refractivity contribution in [1.82, 2.24) is 19.9 Å². The molecule has 14 heavy (non-hydrogen) atoms. The van der Waals surface area contributed by atoms with Crippen molar-refractivity contribution in [2.75, 3.05) is 0 Å². The summed E-state index contributed by atoms with van der Waals surface area (Å²) in [7, 11) is 0. The first-order valence-electron chi connectivity index (χ1n) is 4.13. The zero-order chi connectivity index (χ0) is 10.1. The van der Waals surface area contributed by atoms with Crippen LogP contribution in [-0.2, 0) is 6.54 Å². The lowest BCUT2D eigenvalue weighted by Crippen LogP contribution is -2.00. The van der Waals surface area contributed by atoms with Crippen LogP contribution in [0.15, 0.2) is 10.9 Å². The first-order valence-corrected chi connectivity index (χ1v) is 4.51. The van der Waals surface area contributed by atoms with E-state index >= 15 is 0 Å². The van der Waals surface area contributed by atoms with Gasteiger partial charge in [-0.15, -0.1) is 10.2 Å². The van der Waals surface area contributed by atoms with Crippen molar-refractivity contribution in [3.63, 3.8) is 0 Å². The van der Waals surface area contributed by atoms with Gasteiger partial charge in [-0.05, 0) is 25.4 Å². The number of hydrogen-bond acceptors (Lipinski definition) is 4. The summed E-state index contributed by atoms with van der Waals surface area (Å²) in [5.74, 6) is 0.798. The molecule has 0 fully saturated rings. The summed E-state index contributed by atoms with van der Waals surface area (Å²) < 4.78 is 6.77. The lowest BCUT2D eigenvalue weighted by Gasteiger charge is -2.00. The maximum Gasteiger partial charge on any atom is 0.225 e. The number of halogens is 1. The second kappa shape index (κ2) is 3.42. The van der Waals surface area contributed by atoms with Crippen molar-refractivity contribution >= 4 is 11.6 Å². The van der Waals surface area contributed by atoms with Crippen molar-refractivity contribution in [2.45, 2.75) is 20.4 Å². The summed E-state index contributed by atoms with van der Waals surface area (Å²) in [4.78, 5) is 0. The standard InChI is InChI=1S/C8H9ClN4O/c1-5-7(6(2)14-12-5)3-13-4-10-11-8(13)9/h4H,3H2,1-2H3. The van der Waals surface area contributed by atoms with Crippen LogP contribution in [0, 0.1) is 13.8 Å². The number of hydrogen-bond donors (Lipinski definition) is 0. The number of nitrogens with zero attached hydrogens (tertiary/aromatic N) is 4. The van der Waals surface area contributed by atoms with E-state index in [1.54, 1.807) is 10.9 Å². The molecule has 0 aliphatic carbocycles. The van der Waals surface area contributed by atoms with Gasteiger partial charge in [-0.2, -0.15) is 0 Å². The van der Waals surface area contributed by atoms with Crippen LogP contribution in [0.4, 0.5) is 0 Å². The first kappa shape index (κ1) is 9.21. The molecule has 0 amide bonds. The Hall–Kier alpha value is -1.36. The Morgan fingerprint density at radius 2 is 2.29 bits per heavy atom. The van der Waals surface area contributed by atoms with E-state index in [4.69, 9.17) is 16.1 Å². The summed E-state index contributed by atoms with van der Waals surface area (Å²) in [6, 6.07) is 0. The van der Waals surface area contributed by atoms with Gasteiger partial charge in [0, 0.05) is 5.56 Å². The largest absolute Gasteiger partial charge is 0.361 e. The Morgan fingerprint density at radius 1 is 1.50 bits per heavy atom. The number of aromatic nitrogens is 4. The van der Waals surface area contributed by atoms with E-state index in [1.807, 2.05) is 13.8 Å². The van der Waals surface area contributed by atoms with Gasteiger partial charge in [-0.1, -0.05) is 5.16 Å². The van der Waals surface area contributed by atoms with Crippen molar-refractivity contribution in [1.29, 1.82) is 0 Å². The third kappa shape index (κ3) is 1.50. The van der Waals surface area contributed by atoms with E-state index in [1.165, 1.54) is 0 Å². The van der Waals surface area contributed by atoms with Gasteiger partial charge in [0.15, 0.2) is 0 Å². The van der Waals surface area contributed by atoms with Gasteiger partial charge in [0.2, 0.25) is 5.28 Å². The molecule has 2 aromatic heterocycles. The zero-order valence-corrected chi connectivity index (χ0v) is 8.62. The number of aryl methyl sites for hydroxylation is 2. The molecule has 0 saturated carbocycles. The van der Waals surface area contributed by atoms with Crippen molar-refractivity contribution < 1.29 is 4.52 Å². The molecule has 5 nitrogen and oxygen atoms in total. The van der Waals surface area contributed by atoms with Crippen LogP contribution in [0.5, 0.6) is 0 Å². The topological polar surface area (TPSA) is 56.7 Å². The van der Waals surface area contributed by atoms with Gasteiger partial charge < -0.3 is 4.52 Å². The fourth-order valence-corrected chi connectivity index (χ4v) is 1.39. The Labute approximate surface area is 85.7 Å². The van der Waals surface area contributed by atoms with Gasteiger partial charge in [0.05, 0.1) is 12.2 Å². The van der Waals surface area contributed by atoms with Gasteiger partial charge in [-0.25, -0.2) is 0 Å². The summed E-state index contributed by atoms with van der Waals surface area (Å²) in [6.07, 6.45) is 1.58. The maximum absolute atomic E-state index is 5.80. The summed E-state index contributed by atoms with van der Waals surface area (Å²) in [5.41, 5.74) is 1.89. The molecule has 0 radical (unpaired) electrons. The van der Waals surface area contributed by atoms with Gasteiger partial charge in [0.1, 0.15) is 12.1 Å². The molecule has 6 heteroatoms. The zero-order valence-electron chi connectivity index (χ0n) is 7.86. The molecule has 0 saturated heterocycles. The summed E-state index contributed by atoms with van der Waals surface area (Å²) in [5, 5.41) is 11.6. The predicted octanol–water partition coefficient (Wildman–Crippen LogP) is 1.58.